The van der Waals surface area contributed by atoms with Crippen LogP contribution in [0, 0.1) is 11.8 Å². The maximum atomic E-state index is 12.5. The third-order valence-corrected chi connectivity index (χ3v) is 7.79. The largest absolute Gasteiger partial charge is 0.300 e. The van der Waals surface area contributed by atoms with Gasteiger partial charge < -0.3 is 5.32 Å². The Bertz CT molecular complexity index is 792. The average Bonchev–Trinajstić information content (AvgIpc) is 3.13. The number of thioether (sulfide) groups is 1. The minimum absolute atomic E-state index is 0.0855. The summed E-state index contributed by atoms with van der Waals surface area (Å²) in [7, 11) is 0. The van der Waals surface area contributed by atoms with E-state index in [0.29, 0.717) is 20.9 Å². The summed E-state index contributed by atoms with van der Waals surface area (Å²) in [6, 6.07) is 5.48. The zero-order valence-electron chi connectivity index (χ0n) is 15.9. The van der Waals surface area contributed by atoms with Crippen molar-refractivity contribution in [2.45, 2.75) is 62.0 Å². The van der Waals surface area contributed by atoms with Crippen LogP contribution in [0.1, 0.15) is 57.4 Å². The normalized spacial score (nSPS) is 19.5. The van der Waals surface area contributed by atoms with Crippen LogP contribution < -0.4 is 5.32 Å². The van der Waals surface area contributed by atoms with Gasteiger partial charge in [0.05, 0.1) is 0 Å². The van der Waals surface area contributed by atoms with E-state index in [1.54, 1.807) is 17.8 Å². The average molecular weight is 458 g/mol. The van der Waals surface area contributed by atoms with Gasteiger partial charge in [-0.3, -0.25) is 4.79 Å². The standard InChI is InChI=1S/C20H25Cl2N3OS2/c1-2-3-4-13-5-7-14(8-6-13)18(26)23-19-24-25-20(28-19)27-12-15-9-10-16(21)11-17(15)22/h9-11,13-14H,2-8,12H2,1H3,(H,23,24,26). The number of benzene rings is 1. The minimum Gasteiger partial charge on any atom is -0.300 e. The fraction of sp³-hybridized carbons (Fsp3) is 0.550. The predicted octanol–water partition coefficient (Wildman–Crippen LogP) is 7.07. The molecular formula is C20H25Cl2N3OS2. The predicted molar refractivity (Wildman–Crippen MR) is 120 cm³/mol. The summed E-state index contributed by atoms with van der Waals surface area (Å²) in [5.41, 5.74) is 0.997. The lowest BCUT2D eigenvalue weighted by Gasteiger charge is -2.27. The van der Waals surface area contributed by atoms with Gasteiger partial charge in [-0.15, -0.1) is 10.2 Å². The molecule has 1 amide bonds. The van der Waals surface area contributed by atoms with Crippen LogP contribution in [0.5, 0.6) is 0 Å². The lowest BCUT2D eigenvalue weighted by Crippen LogP contribution is -2.27. The van der Waals surface area contributed by atoms with E-state index in [0.717, 1.165) is 41.5 Å². The van der Waals surface area contributed by atoms with Gasteiger partial charge in [0.1, 0.15) is 0 Å². The number of aromatic nitrogens is 2. The number of halogens is 2. The summed E-state index contributed by atoms with van der Waals surface area (Å²) in [6.07, 6.45) is 8.15. The van der Waals surface area contributed by atoms with Crippen molar-refractivity contribution in [3.63, 3.8) is 0 Å². The molecule has 1 fully saturated rings. The molecule has 152 valence electrons. The lowest BCUT2D eigenvalue weighted by atomic mass is 9.79. The van der Waals surface area contributed by atoms with E-state index >= 15 is 0 Å². The number of hydrogen-bond donors (Lipinski definition) is 1. The number of carbonyl (C=O) groups is 1. The maximum Gasteiger partial charge on any atom is 0.229 e. The highest BCUT2D eigenvalue weighted by molar-refractivity contribution is 8.00. The summed E-state index contributed by atoms with van der Waals surface area (Å²) < 4.78 is 0.810. The van der Waals surface area contributed by atoms with Crippen molar-refractivity contribution in [1.29, 1.82) is 0 Å². The molecular weight excluding hydrogens is 433 g/mol. The SMILES string of the molecule is CCCCC1CCC(C(=O)Nc2nnc(SCc3ccc(Cl)cc3Cl)s2)CC1. The van der Waals surface area contributed by atoms with Crippen molar-refractivity contribution in [2.24, 2.45) is 11.8 Å². The number of hydrogen-bond acceptors (Lipinski definition) is 5. The maximum absolute atomic E-state index is 12.5. The zero-order chi connectivity index (χ0) is 19.9. The number of anilines is 1. The van der Waals surface area contributed by atoms with Crippen LogP contribution in [-0.4, -0.2) is 16.1 Å². The van der Waals surface area contributed by atoms with Crippen LogP contribution in [0.15, 0.2) is 22.5 Å². The molecule has 3 rings (SSSR count). The molecule has 2 aromatic rings. The van der Waals surface area contributed by atoms with E-state index in [2.05, 4.69) is 22.4 Å². The first kappa shape index (κ1) is 21.9. The fourth-order valence-electron chi connectivity index (χ4n) is 3.51. The molecule has 0 spiro atoms. The van der Waals surface area contributed by atoms with E-state index in [-0.39, 0.29) is 11.8 Å². The minimum atomic E-state index is 0.0855. The first-order chi connectivity index (χ1) is 13.5. The number of nitrogens with zero attached hydrogens (tertiary/aromatic N) is 2. The second kappa shape index (κ2) is 10.8. The Labute approximate surface area is 184 Å². The molecule has 8 heteroatoms. The van der Waals surface area contributed by atoms with E-state index in [1.807, 2.05) is 12.1 Å². The quantitative estimate of drug-likeness (QED) is 0.339. The summed E-state index contributed by atoms with van der Waals surface area (Å²) >= 11 is 15.1. The summed E-state index contributed by atoms with van der Waals surface area (Å²) in [6.45, 7) is 2.23. The molecule has 1 N–H and O–H groups in total. The van der Waals surface area contributed by atoms with Crippen molar-refractivity contribution < 1.29 is 4.79 Å². The van der Waals surface area contributed by atoms with Crippen molar-refractivity contribution in [2.75, 3.05) is 5.32 Å². The van der Waals surface area contributed by atoms with E-state index < -0.39 is 0 Å². The van der Waals surface area contributed by atoms with Gasteiger partial charge in [0, 0.05) is 21.7 Å². The second-order valence-corrected chi connectivity index (χ2v) is 10.3. The molecule has 0 bridgehead atoms. The topological polar surface area (TPSA) is 54.9 Å². The van der Waals surface area contributed by atoms with Crippen LogP contribution in [-0.2, 0) is 10.5 Å². The Morgan fingerprint density at radius 1 is 1.25 bits per heavy atom. The van der Waals surface area contributed by atoms with Gasteiger partial charge in [-0.25, -0.2) is 0 Å². The Hall–Kier alpha value is -0.820. The van der Waals surface area contributed by atoms with Gasteiger partial charge in [0.15, 0.2) is 4.34 Å². The van der Waals surface area contributed by atoms with Gasteiger partial charge in [0.25, 0.3) is 0 Å². The molecule has 0 saturated heterocycles. The van der Waals surface area contributed by atoms with Crippen molar-refractivity contribution >= 4 is 57.3 Å². The fourth-order valence-corrected chi connectivity index (χ4v) is 5.82. The van der Waals surface area contributed by atoms with Crippen LogP contribution in [0.3, 0.4) is 0 Å². The molecule has 0 unspecified atom stereocenters. The van der Waals surface area contributed by atoms with Crippen LogP contribution >= 0.6 is 46.3 Å². The highest BCUT2D eigenvalue weighted by Gasteiger charge is 2.26. The molecule has 0 aliphatic heterocycles. The van der Waals surface area contributed by atoms with E-state index in [4.69, 9.17) is 23.2 Å². The molecule has 1 aliphatic carbocycles. The van der Waals surface area contributed by atoms with Gasteiger partial charge in [0.2, 0.25) is 11.0 Å². The van der Waals surface area contributed by atoms with Crippen LogP contribution in [0.2, 0.25) is 10.0 Å². The molecule has 0 atom stereocenters. The van der Waals surface area contributed by atoms with Gasteiger partial charge >= 0.3 is 0 Å². The zero-order valence-corrected chi connectivity index (χ0v) is 19.1. The molecule has 1 saturated carbocycles. The first-order valence-corrected chi connectivity index (χ1v) is 12.3. The highest BCUT2D eigenvalue weighted by Crippen LogP contribution is 2.34. The third-order valence-electron chi connectivity index (χ3n) is 5.19. The molecule has 1 aromatic heterocycles. The van der Waals surface area contributed by atoms with Crippen molar-refractivity contribution in [1.82, 2.24) is 10.2 Å². The number of rotatable bonds is 8. The molecule has 1 aliphatic rings. The Balaban J connectivity index is 1.46. The Kier molecular flexibility index (Phi) is 8.45. The molecule has 1 aromatic carbocycles. The van der Waals surface area contributed by atoms with Gasteiger partial charge in [-0.05, 0) is 49.3 Å². The summed E-state index contributed by atoms with van der Waals surface area (Å²) in [5.74, 6) is 1.67. The number of unbranched alkanes of at least 4 members (excludes halogenated alkanes) is 1. The van der Waals surface area contributed by atoms with Crippen LogP contribution in [0.4, 0.5) is 5.13 Å². The lowest BCUT2D eigenvalue weighted by molar-refractivity contribution is -0.121. The van der Waals surface area contributed by atoms with Crippen LogP contribution in [0.25, 0.3) is 0 Å². The molecule has 28 heavy (non-hydrogen) atoms. The number of nitrogens with one attached hydrogen (secondary N) is 1. The first-order valence-electron chi connectivity index (χ1n) is 9.76. The second-order valence-electron chi connectivity index (χ2n) is 7.25. The van der Waals surface area contributed by atoms with Crippen molar-refractivity contribution in [3.8, 4) is 0 Å². The van der Waals surface area contributed by atoms with E-state index in [9.17, 15) is 4.79 Å². The summed E-state index contributed by atoms with van der Waals surface area (Å²) in [4.78, 5) is 12.5. The highest BCUT2D eigenvalue weighted by atomic mass is 35.5. The number of carbonyl (C=O) groups excluding carboxylic acids is 1. The van der Waals surface area contributed by atoms with E-state index in [1.165, 1.54) is 30.6 Å². The van der Waals surface area contributed by atoms with Crippen molar-refractivity contribution in [3.05, 3.63) is 33.8 Å². The third kappa shape index (κ3) is 6.34. The molecule has 1 heterocycles. The Morgan fingerprint density at radius 3 is 2.75 bits per heavy atom. The smallest absolute Gasteiger partial charge is 0.229 e. The van der Waals surface area contributed by atoms with Gasteiger partial charge in [-0.1, -0.05) is 78.6 Å². The molecule has 4 nitrogen and oxygen atoms in total. The monoisotopic (exact) mass is 457 g/mol. The summed E-state index contributed by atoms with van der Waals surface area (Å²) in [5, 5.41) is 13.1. The number of amides is 1. The van der Waals surface area contributed by atoms with Gasteiger partial charge in [-0.2, -0.15) is 0 Å². The Morgan fingerprint density at radius 2 is 2.04 bits per heavy atom. The molecule has 0 radical (unpaired) electrons.